The fourth-order valence-corrected chi connectivity index (χ4v) is 2.46. The van der Waals surface area contributed by atoms with Gasteiger partial charge in [-0.2, -0.15) is 0 Å². The summed E-state index contributed by atoms with van der Waals surface area (Å²) in [4.78, 5) is 7.70. The molecule has 0 aliphatic rings. The molecule has 21 heavy (non-hydrogen) atoms. The molecule has 5 heteroatoms. The normalized spacial score (nSPS) is 13.6. The number of nitrogens with two attached hydrogens (primary N) is 1. The second kappa shape index (κ2) is 7.13. The topological polar surface area (TPSA) is 75.4 Å². The molecule has 0 bridgehead atoms. The van der Waals surface area contributed by atoms with Crippen LogP contribution in [0.15, 0.2) is 29.4 Å². The Kier molecular flexibility index (Phi) is 5.22. The number of nitrogens with zero attached hydrogens (tertiary/aromatic N) is 1. The number of hydrogen-bond acceptors (Lipinski definition) is 2. The van der Waals surface area contributed by atoms with Gasteiger partial charge in [-0.3, -0.25) is 4.99 Å². The Morgan fingerprint density at radius 2 is 2.29 bits per heavy atom. The number of hydrogen-bond donors (Lipinski definition) is 3. The average Bonchev–Trinajstić information content (AvgIpc) is 2.84. The summed E-state index contributed by atoms with van der Waals surface area (Å²) in [7, 11) is 1.67. The van der Waals surface area contributed by atoms with Gasteiger partial charge < -0.3 is 20.8 Å². The molecule has 0 radical (unpaired) electrons. The number of nitrogens with one attached hydrogen (secondary N) is 2. The number of guanidine groups is 1. The van der Waals surface area contributed by atoms with E-state index < -0.39 is 0 Å². The van der Waals surface area contributed by atoms with E-state index in [0.29, 0.717) is 19.1 Å². The van der Waals surface area contributed by atoms with E-state index in [-0.39, 0.29) is 6.04 Å². The molecular weight excluding hydrogens is 264 g/mol. The highest BCUT2D eigenvalue weighted by Crippen LogP contribution is 2.21. The molecule has 2 rings (SSSR count). The van der Waals surface area contributed by atoms with Gasteiger partial charge in [0.25, 0.3) is 0 Å². The predicted octanol–water partition coefficient (Wildman–Crippen LogP) is 1.96. The molecule has 0 aliphatic heterocycles. The minimum absolute atomic E-state index is 0.162. The number of rotatable bonds is 6. The number of H-pyrrole nitrogens is 1. The number of methoxy groups -OCH3 is 1. The Morgan fingerprint density at radius 3 is 3.05 bits per heavy atom. The Labute approximate surface area is 125 Å². The lowest BCUT2D eigenvalue weighted by atomic mass is 10.1. The maximum Gasteiger partial charge on any atom is 0.188 e. The van der Waals surface area contributed by atoms with Crippen molar-refractivity contribution in [3.8, 4) is 0 Å². The monoisotopic (exact) mass is 288 g/mol. The second-order valence-electron chi connectivity index (χ2n) is 5.33. The number of aliphatic imine (C=N–C) groups is 1. The van der Waals surface area contributed by atoms with E-state index in [1.807, 2.05) is 6.92 Å². The van der Waals surface area contributed by atoms with Crippen LogP contribution in [0.5, 0.6) is 0 Å². The molecule has 114 valence electrons. The maximum absolute atomic E-state index is 5.86. The minimum atomic E-state index is 0.162. The number of benzene rings is 1. The van der Waals surface area contributed by atoms with Gasteiger partial charge in [0.1, 0.15) is 0 Å². The van der Waals surface area contributed by atoms with Crippen LogP contribution in [0.3, 0.4) is 0 Å². The summed E-state index contributed by atoms with van der Waals surface area (Å²) in [5.41, 5.74) is 9.60. The second-order valence-corrected chi connectivity index (χ2v) is 5.33. The van der Waals surface area contributed by atoms with E-state index in [0.717, 1.165) is 6.42 Å². The Hall–Kier alpha value is -2.01. The lowest BCUT2D eigenvalue weighted by Gasteiger charge is -2.12. The van der Waals surface area contributed by atoms with Crippen LogP contribution < -0.4 is 11.1 Å². The highest BCUT2D eigenvalue weighted by molar-refractivity contribution is 5.86. The van der Waals surface area contributed by atoms with Crippen LogP contribution in [0, 0.1) is 6.92 Å². The van der Waals surface area contributed by atoms with Crippen molar-refractivity contribution in [1.29, 1.82) is 0 Å². The fourth-order valence-electron chi connectivity index (χ4n) is 2.46. The van der Waals surface area contributed by atoms with Crippen LogP contribution in [0.4, 0.5) is 0 Å². The standard InChI is InChI=1S/C16H24N4O/c1-11-5-4-6-14-13(9-19-15(11)14)7-8-18-16(17)20-12(2)10-21-3/h4-6,9,12,19H,7-8,10H2,1-3H3,(H3,17,18,20). The van der Waals surface area contributed by atoms with E-state index in [1.165, 1.54) is 22.0 Å². The van der Waals surface area contributed by atoms with Gasteiger partial charge in [-0.15, -0.1) is 0 Å². The number of para-hydroxylation sites is 1. The van der Waals surface area contributed by atoms with Crippen molar-refractivity contribution in [3.05, 3.63) is 35.5 Å². The molecule has 5 nitrogen and oxygen atoms in total. The molecule has 0 aliphatic carbocycles. The lowest BCUT2D eigenvalue weighted by Crippen LogP contribution is -2.40. The van der Waals surface area contributed by atoms with Crippen molar-refractivity contribution in [2.75, 3.05) is 20.3 Å². The number of aromatic amines is 1. The summed E-state index contributed by atoms with van der Waals surface area (Å²) in [5.74, 6) is 0.468. The van der Waals surface area contributed by atoms with Crippen molar-refractivity contribution in [2.45, 2.75) is 26.3 Å². The maximum atomic E-state index is 5.86. The highest BCUT2D eigenvalue weighted by Gasteiger charge is 2.05. The average molecular weight is 288 g/mol. The molecule has 0 spiro atoms. The molecule has 2 aromatic rings. The first-order valence-electron chi connectivity index (χ1n) is 7.22. The molecular formula is C16H24N4O. The predicted molar refractivity (Wildman–Crippen MR) is 87.7 cm³/mol. The first-order valence-corrected chi connectivity index (χ1v) is 7.22. The molecule has 1 aromatic heterocycles. The van der Waals surface area contributed by atoms with Crippen molar-refractivity contribution in [1.82, 2.24) is 10.3 Å². The molecule has 0 saturated heterocycles. The molecule has 1 atom stereocenters. The summed E-state index contributed by atoms with van der Waals surface area (Å²) >= 11 is 0. The van der Waals surface area contributed by atoms with Crippen molar-refractivity contribution in [2.24, 2.45) is 10.7 Å². The third-order valence-electron chi connectivity index (χ3n) is 3.48. The Bertz CT molecular complexity index is 618. The third-order valence-corrected chi connectivity index (χ3v) is 3.48. The molecule has 0 amide bonds. The van der Waals surface area contributed by atoms with Crippen molar-refractivity contribution < 1.29 is 4.74 Å². The van der Waals surface area contributed by atoms with Crippen molar-refractivity contribution in [3.63, 3.8) is 0 Å². The number of fused-ring (bicyclic) bond motifs is 1. The molecule has 4 N–H and O–H groups in total. The van der Waals surface area contributed by atoms with Crippen LogP contribution in [-0.4, -0.2) is 37.2 Å². The van der Waals surface area contributed by atoms with E-state index in [2.05, 4.69) is 46.6 Å². The van der Waals surface area contributed by atoms with Gasteiger partial charge in [0.05, 0.1) is 6.61 Å². The highest BCUT2D eigenvalue weighted by atomic mass is 16.5. The van der Waals surface area contributed by atoms with Crippen LogP contribution in [0.1, 0.15) is 18.1 Å². The lowest BCUT2D eigenvalue weighted by molar-refractivity contribution is 0.179. The van der Waals surface area contributed by atoms with Crippen LogP contribution in [0.25, 0.3) is 10.9 Å². The fraction of sp³-hybridized carbons (Fsp3) is 0.438. The first kappa shape index (κ1) is 15.4. The quantitative estimate of drug-likeness (QED) is 0.562. The summed E-state index contributed by atoms with van der Waals surface area (Å²) in [5, 5.41) is 4.37. The first-order chi connectivity index (χ1) is 10.1. The van der Waals surface area contributed by atoms with E-state index in [1.54, 1.807) is 7.11 Å². The molecule has 0 saturated carbocycles. The van der Waals surface area contributed by atoms with Crippen LogP contribution in [-0.2, 0) is 11.2 Å². The van der Waals surface area contributed by atoms with Gasteiger partial charge in [0, 0.05) is 36.8 Å². The molecule has 1 heterocycles. The zero-order valence-electron chi connectivity index (χ0n) is 12.9. The Morgan fingerprint density at radius 1 is 1.48 bits per heavy atom. The van der Waals surface area contributed by atoms with Crippen LogP contribution >= 0.6 is 0 Å². The van der Waals surface area contributed by atoms with E-state index in [4.69, 9.17) is 10.5 Å². The van der Waals surface area contributed by atoms with Gasteiger partial charge in [-0.25, -0.2) is 0 Å². The molecule has 1 unspecified atom stereocenters. The Balaban J connectivity index is 1.94. The van der Waals surface area contributed by atoms with E-state index in [9.17, 15) is 0 Å². The van der Waals surface area contributed by atoms with E-state index >= 15 is 0 Å². The molecule has 0 fully saturated rings. The summed E-state index contributed by atoms with van der Waals surface area (Å²) in [6.45, 7) is 5.39. The number of aryl methyl sites for hydroxylation is 1. The van der Waals surface area contributed by atoms with Gasteiger partial charge >= 0.3 is 0 Å². The molecule has 1 aromatic carbocycles. The number of aromatic nitrogens is 1. The van der Waals surface area contributed by atoms with Gasteiger partial charge in [0.15, 0.2) is 5.96 Å². The minimum Gasteiger partial charge on any atom is -0.383 e. The van der Waals surface area contributed by atoms with Gasteiger partial charge in [0.2, 0.25) is 0 Å². The van der Waals surface area contributed by atoms with Crippen LogP contribution in [0.2, 0.25) is 0 Å². The van der Waals surface area contributed by atoms with Gasteiger partial charge in [-0.05, 0) is 31.4 Å². The number of ether oxygens (including phenoxy) is 1. The SMILES string of the molecule is COCC(C)NC(N)=NCCc1c[nH]c2c(C)cccc12. The third kappa shape index (κ3) is 3.98. The zero-order valence-corrected chi connectivity index (χ0v) is 12.9. The largest absolute Gasteiger partial charge is 0.383 e. The van der Waals surface area contributed by atoms with Crippen molar-refractivity contribution >= 4 is 16.9 Å². The summed E-state index contributed by atoms with van der Waals surface area (Å²) < 4.78 is 5.05. The summed E-state index contributed by atoms with van der Waals surface area (Å²) in [6, 6.07) is 6.50. The zero-order chi connectivity index (χ0) is 15.2. The van der Waals surface area contributed by atoms with Gasteiger partial charge in [-0.1, -0.05) is 18.2 Å². The smallest absolute Gasteiger partial charge is 0.188 e. The summed E-state index contributed by atoms with van der Waals surface area (Å²) in [6.07, 6.45) is 2.93.